The van der Waals surface area contributed by atoms with Crippen molar-refractivity contribution in [2.45, 2.75) is 83.7 Å². The topological polar surface area (TPSA) is 0 Å². The fraction of sp³-hybridized carbons (Fsp3) is 0.684. The Balaban J connectivity index is 2.13. The van der Waals surface area contributed by atoms with Crippen molar-refractivity contribution < 1.29 is 13.2 Å². The number of hydrogen-bond donors (Lipinski definition) is 0. The predicted octanol–water partition coefficient (Wildman–Crippen LogP) is 7.17. The van der Waals surface area contributed by atoms with Crippen LogP contribution in [0.2, 0.25) is 0 Å². The molecule has 0 aliphatic carbocycles. The maximum absolute atomic E-state index is 12.9. The van der Waals surface area contributed by atoms with Crippen LogP contribution >= 0.6 is 0 Å². The first kappa shape index (κ1) is 19.1. The smallest absolute Gasteiger partial charge is 0.166 e. The van der Waals surface area contributed by atoms with Gasteiger partial charge in [-0.05, 0) is 24.5 Å². The van der Waals surface area contributed by atoms with Crippen LogP contribution in [0.3, 0.4) is 0 Å². The maximum atomic E-state index is 12.9. The quantitative estimate of drug-likeness (QED) is 0.380. The number of unbranched alkanes of at least 4 members (excludes halogenated alkanes) is 9. The lowest BCUT2D eigenvalue weighted by atomic mass is 10.00. The van der Waals surface area contributed by atoms with Gasteiger partial charge in [-0.1, -0.05) is 82.9 Å². The summed E-state index contributed by atoms with van der Waals surface area (Å²) >= 11 is 0. The van der Waals surface area contributed by atoms with Crippen LogP contribution in [0.15, 0.2) is 24.3 Å². The molecule has 1 rings (SSSR count). The number of halogens is 3. The molecular weight excluding hydrogens is 285 g/mol. The van der Waals surface area contributed by atoms with Gasteiger partial charge in [-0.25, -0.2) is 0 Å². The molecule has 0 atom stereocenters. The summed E-state index contributed by atoms with van der Waals surface area (Å²) < 4.78 is 38.6. The largest absolute Gasteiger partial charge is 0.416 e. The van der Waals surface area contributed by atoms with Gasteiger partial charge < -0.3 is 0 Å². The van der Waals surface area contributed by atoms with Gasteiger partial charge in [0.1, 0.15) is 0 Å². The van der Waals surface area contributed by atoms with Gasteiger partial charge in [-0.2, -0.15) is 13.2 Å². The van der Waals surface area contributed by atoms with E-state index in [0.717, 1.165) is 19.3 Å². The van der Waals surface area contributed by atoms with E-state index < -0.39 is 11.7 Å². The molecule has 0 heterocycles. The first-order valence-corrected chi connectivity index (χ1v) is 8.70. The second-order valence-corrected chi connectivity index (χ2v) is 6.09. The molecule has 3 heteroatoms. The van der Waals surface area contributed by atoms with Gasteiger partial charge in [-0.15, -0.1) is 0 Å². The molecule has 0 saturated carbocycles. The van der Waals surface area contributed by atoms with Crippen molar-refractivity contribution in [2.24, 2.45) is 0 Å². The van der Waals surface area contributed by atoms with E-state index in [9.17, 15) is 13.2 Å². The van der Waals surface area contributed by atoms with E-state index in [4.69, 9.17) is 0 Å². The van der Waals surface area contributed by atoms with E-state index >= 15 is 0 Å². The SMILES string of the molecule is CCCCCCCCCCCCc1ccccc1C(F)(F)F. The summed E-state index contributed by atoms with van der Waals surface area (Å²) in [7, 11) is 0. The zero-order valence-electron chi connectivity index (χ0n) is 13.7. The Hall–Kier alpha value is -0.990. The lowest BCUT2D eigenvalue weighted by Crippen LogP contribution is -2.08. The summed E-state index contributed by atoms with van der Waals surface area (Å²) in [6, 6.07) is 5.95. The van der Waals surface area contributed by atoms with E-state index in [1.54, 1.807) is 12.1 Å². The first-order chi connectivity index (χ1) is 10.6. The van der Waals surface area contributed by atoms with Crippen molar-refractivity contribution in [3.63, 3.8) is 0 Å². The molecule has 0 N–H and O–H groups in total. The monoisotopic (exact) mass is 314 g/mol. The summed E-state index contributed by atoms with van der Waals surface area (Å²) in [6.07, 6.45) is 8.38. The highest BCUT2D eigenvalue weighted by atomic mass is 19.4. The van der Waals surface area contributed by atoms with Crippen molar-refractivity contribution in [1.82, 2.24) is 0 Å². The molecule has 0 aliphatic heterocycles. The molecule has 0 bridgehead atoms. The van der Waals surface area contributed by atoms with Crippen LogP contribution in [0.1, 0.15) is 82.3 Å². The van der Waals surface area contributed by atoms with Gasteiger partial charge in [0, 0.05) is 0 Å². The molecule has 126 valence electrons. The third-order valence-corrected chi connectivity index (χ3v) is 4.12. The van der Waals surface area contributed by atoms with E-state index in [-0.39, 0.29) is 0 Å². The Labute approximate surface area is 133 Å². The third-order valence-electron chi connectivity index (χ3n) is 4.12. The van der Waals surface area contributed by atoms with Crippen molar-refractivity contribution in [1.29, 1.82) is 0 Å². The average Bonchev–Trinajstić information content (AvgIpc) is 2.48. The standard InChI is InChI=1S/C19H29F3/c1-2-3-4-5-6-7-8-9-10-11-14-17-15-12-13-16-18(17)19(20,21)22/h12-13,15-16H,2-11,14H2,1H3. The lowest BCUT2D eigenvalue weighted by Gasteiger charge is -2.12. The number of alkyl halides is 3. The van der Waals surface area contributed by atoms with Crippen molar-refractivity contribution in [3.8, 4) is 0 Å². The highest BCUT2D eigenvalue weighted by Gasteiger charge is 2.32. The van der Waals surface area contributed by atoms with Gasteiger partial charge >= 0.3 is 6.18 Å². The van der Waals surface area contributed by atoms with Gasteiger partial charge in [0.05, 0.1) is 5.56 Å². The second kappa shape index (κ2) is 10.7. The Morgan fingerprint density at radius 3 is 1.77 bits per heavy atom. The number of aryl methyl sites for hydroxylation is 1. The molecule has 0 radical (unpaired) electrons. The zero-order valence-corrected chi connectivity index (χ0v) is 13.7. The minimum atomic E-state index is -4.23. The molecule has 0 unspecified atom stereocenters. The zero-order chi connectivity index (χ0) is 16.3. The summed E-state index contributed by atoms with van der Waals surface area (Å²) in [5.74, 6) is 0. The minimum Gasteiger partial charge on any atom is -0.166 e. The highest BCUT2D eigenvalue weighted by molar-refractivity contribution is 5.29. The molecule has 0 fully saturated rings. The summed E-state index contributed by atoms with van der Waals surface area (Å²) in [5.41, 5.74) is -0.0273. The predicted molar refractivity (Wildman–Crippen MR) is 87.0 cm³/mol. The van der Waals surface area contributed by atoms with Crippen LogP contribution in [0.4, 0.5) is 13.2 Å². The molecule has 0 nitrogen and oxygen atoms in total. The van der Waals surface area contributed by atoms with Crippen LogP contribution in [0.5, 0.6) is 0 Å². The van der Waals surface area contributed by atoms with Crippen molar-refractivity contribution in [2.75, 3.05) is 0 Å². The summed E-state index contributed by atoms with van der Waals surface area (Å²) in [5, 5.41) is 0. The normalized spacial score (nSPS) is 11.8. The van der Waals surface area contributed by atoms with Crippen LogP contribution < -0.4 is 0 Å². The summed E-state index contributed by atoms with van der Waals surface area (Å²) in [4.78, 5) is 0. The molecule has 0 amide bonds. The molecule has 1 aromatic rings. The average molecular weight is 314 g/mol. The van der Waals surface area contributed by atoms with E-state index in [1.165, 1.54) is 57.1 Å². The van der Waals surface area contributed by atoms with Crippen LogP contribution in [-0.4, -0.2) is 0 Å². The molecule has 22 heavy (non-hydrogen) atoms. The summed E-state index contributed by atoms with van der Waals surface area (Å²) in [6.45, 7) is 2.22. The fourth-order valence-corrected chi connectivity index (χ4v) is 2.82. The molecule has 0 aliphatic rings. The molecule has 1 aromatic carbocycles. The van der Waals surface area contributed by atoms with E-state index in [2.05, 4.69) is 6.92 Å². The third kappa shape index (κ3) is 7.86. The molecule has 0 aromatic heterocycles. The Morgan fingerprint density at radius 1 is 0.727 bits per heavy atom. The van der Waals surface area contributed by atoms with Crippen LogP contribution in [0.25, 0.3) is 0 Å². The number of rotatable bonds is 11. The second-order valence-electron chi connectivity index (χ2n) is 6.09. The molecule has 0 saturated heterocycles. The van der Waals surface area contributed by atoms with Crippen molar-refractivity contribution in [3.05, 3.63) is 35.4 Å². The fourth-order valence-electron chi connectivity index (χ4n) is 2.82. The molecule has 0 spiro atoms. The number of benzene rings is 1. The highest BCUT2D eigenvalue weighted by Crippen LogP contribution is 2.32. The van der Waals surface area contributed by atoms with Crippen LogP contribution in [-0.2, 0) is 12.6 Å². The lowest BCUT2D eigenvalue weighted by molar-refractivity contribution is -0.138. The Bertz CT molecular complexity index is 396. The van der Waals surface area contributed by atoms with E-state index in [0.29, 0.717) is 12.0 Å². The van der Waals surface area contributed by atoms with Gasteiger partial charge in [-0.3, -0.25) is 0 Å². The van der Waals surface area contributed by atoms with Crippen LogP contribution in [0, 0.1) is 0 Å². The minimum absolute atomic E-state index is 0.439. The molecular formula is C19H29F3. The number of hydrogen-bond acceptors (Lipinski definition) is 0. The Morgan fingerprint density at radius 2 is 1.23 bits per heavy atom. The van der Waals surface area contributed by atoms with E-state index in [1.807, 2.05) is 0 Å². The first-order valence-electron chi connectivity index (χ1n) is 8.70. The maximum Gasteiger partial charge on any atom is 0.416 e. The van der Waals surface area contributed by atoms with Gasteiger partial charge in [0.2, 0.25) is 0 Å². The van der Waals surface area contributed by atoms with Crippen molar-refractivity contribution >= 4 is 0 Å². The van der Waals surface area contributed by atoms with Gasteiger partial charge in [0.25, 0.3) is 0 Å². The Kier molecular flexibility index (Phi) is 9.26. The van der Waals surface area contributed by atoms with Gasteiger partial charge in [0.15, 0.2) is 0 Å².